The zero-order chi connectivity index (χ0) is 15.5. The van der Waals surface area contributed by atoms with Crippen LogP contribution in [0, 0.1) is 5.92 Å². The van der Waals surface area contributed by atoms with Crippen LogP contribution >= 0.6 is 22.6 Å². The minimum absolute atomic E-state index is 0.636. The summed E-state index contributed by atoms with van der Waals surface area (Å²) in [4.78, 5) is 0. The van der Waals surface area contributed by atoms with Crippen LogP contribution in [-0.4, -0.2) is 20.4 Å². The highest BCUT2D eigenvalue weighted by Gasteiger charge is 2.10. The first-order valence-electron chi connectivity index (χ1n) is 7.87. The zero-order valence-electron chi connectivity index (χ0n) is 12.9. The standard InChI is InChI=1S/C19H23IOSi/c20-16-22-21-15-19(13-11-17-7-3-1-4-8-17)14-12-18-9-5-2-6-10-18/h1-10,19H,11-16H2. The van der Waals surface area contributed by atoms with Crippen LogP contribution in [0.1, 0.15) is 24.0 Å². The van der Waals surface area contributed by atoms with Gasteiger partial charge in [-0.3, -0.25) is 0 Å². The van der Waals surface area contributed by atoms with Crippen LogP contribution in [0.3, 0.4) is 0 Å². The molecule has 0 bridgehead atoms. The molecular formula is C19H23IOSi. The molecule has 0 spiro atoms. The van der Waals surface area contributed by atoms with Crippen molar-refractivity contribution in [3.8, 4) is 0 Å². The third-order valence-corrected chi connectivity index (χ3v) is 5.26. The molecule has 0 aliphatic heterocycles. The maximum Gasteiger partial charge on any atom is 0.240 e. The van der Waals surface area contributed by atoms with E-state index in [1.807, 2.05) is 0 Å². The van der Waals surface area contributed by atoms with Crippen molar-refractivity contribution in [3.63, 3.8) is 0 Å². The molecule has 0 aliphatic rings. The number of aryl methyl sites for hydroxylation is 2. The summed E-state index contributed by atoms with van der Waals surface area (Å²) in [5, 5.41) is 0. The van der Waals surface area contributed by atoms with Gasteiger partial charge in [0.25, 0.3) is 0 Å². The van der Waals surface area contributed by atoms with Crippen LogP contribution in [0.4, 0.5) is 0 Å². The van der Waals surface area contributed by atoms with Gasteiger partial charge in [-0.1, -0.05) is 83.3 Å². The molecule has 0 amide bonds. The van der Waals surface area contributed by atoms with Gasteiger partial charge in [0.2, 0.25) is 9.76 Å². The zero-order valence-corrected chi connectivity index (χ0v) is 16.0. The maximum atomic E-state index is 5.84. The molecule has 0 unspecified atom stereocenters. The van der Waals surface area contributed by atoms with E-state index in [0.717, 1.165) is 23.5 Å². The van der Waals surface area contributed by atoms with Crippen molar-refractivity contribution < 1.29 is 4.43 Å². The molecule has 116 valence electrons. The third kappa shape index (κ3) is 7.07. The first kappa shape index (κ1) is 17.7. The van der Waals surface area contributed by atoms with Crippen molar-refractivity contribution in [3.05, 3.63) is 71.8 Å². The summed E-state index contributed by atoms with van der Waals surface area (Å²) < 4.78 is 6.94. The van der Waals surface area contributed by atoms with Gasteiger partial charge in [-0.2, -0.15) is 0 Å². The fourth-order valence-electron chi connectivity index (χ4n) is 2.56. The molecule has 2 radical (unpaired) electrons. The molecule has 0 aliphatic carbocycles. The highest BCUT2D eigenvalue weighted by atomic mass is 127. The summed E-state index contributed by atoms with van der Waals surface area (Å²) in [6.45, 7) is 0.904. The van der Waals surface area contributed by atoms with E-state index in [1.165, 1.54) is 24.0 Å². The number of alkyl halides is 1. The summed E-state index contributed by atoms with van der Waals surface area (Å²) in [5.74, 6) is 0.649. The highest BCUT2D eigenvalue weighted by Crippen LogP contribution is 2.17. The molecular weight excluding hydrogens is 399 g/mol. The minimum atomic E-state index is 0.636. The molecule has 0 heterocycles. The molecule has 1 nitrogen and oxygen atoms in total. The van der Waals surface area contributed by atoms with Crippen molar-refractivity contribution in [1.29, 1.82) is 0 Å². The summed E-state index contributed by atoms with van der Waals surface area (Å²) in [6.07, 6.45) is 4.72. The second kappa shape index (κ2) is 11.0. The Kier molecular flexibility index (Phi) is 8.83. The van der Waals surface area contributed by atoms with Gasteiger partial charge in [0.15, 0.2) is 0 Å². The smallest absolute Gasteiger partial charge is 0.240 e. The normalized spacial score (nSPS) is 11.0. The lowest BCUT2D eigenvalue weighted by molar-refractivity contribution is 0.243. The van der Waals surface area contributed by atoms with E-state index < -0.39 is 0 Å². The Bertz CT molecular complexity index is 460. The van der Waals surface area contributed by atoms with Gasteiger partial charge in [0.1, 0.15) is 0 Å². The fraction of sp³-hybridized carbons (Fsp3) is 0.368. The van der Waals surface area contributed by atoms with Crippen LogP contribution in [0.15, 0.2) is 60.7 Å². The van der Waals surface area contributed by atoms with E-state index in [4.69, 9.17) is 4.43 Å². The Labute approximate surface area is 150 Å². The topological polar surface area (TPSA) is 9.23 Å². The lowest BCUT2D eigenvalue weighted by atomic mass is 9.94. The van der Waals surface area contributed by atoms with Crippen molar-refractivity contribution in [2.24, 2.45) is 5.92 Å². The molecule has 0 saturated carbocycles. The summed E-state index contributed by atoms with van der Waals surface area (Å²) in [6, 6.07) is 21.6. The second-order valence-electron chi connectivity index (χ2n) is 5.50. The van der Waals surface area contributed by atoms with E-state index in [0.29, 0.717) is 15.7 Å². The fourth-order valence-corrected chi connectivity index (χ4v) is 3.65. The van der Waals surface area contributed by atoms with E-state index in [9.17, 15) is 0 Å². The quantitative estimate of drug-likeness (QED) is 0.229. The molecule has 0 fully saturated rings. The lowest BCUT2D eigenvalue weighted by Crippen LogP contribution is -2.14. The minimum Gasteiger partial charge on any atom is -0.416 e. The highest BCUT2D eigenvalue weighted by molar-refractivity contribution is 14.1. The molecule has 3 heteroatoms. The monoisotopic (exact) mass is 422 g/mol. The van der Waals surface area contributed by atoms with E-state index in [2.05, 4.69) is 83.3 Å². The van der Waals surface area contributed by atoms with Crippen molar-refractivity contribution >= 4 is 32.4 Å². The van der Waals surface area contributed by atoms with Gasteiger partial charge in [0, 0.05) is 10.7 Å². The molecule has 2 rings (SSSR count). The van der Waals surface area contributed by atoms with Crippen LogP contribution < -0.4 is 0 Å². The van der Waals surface area contributed by atoms with Crippen molar-refractivity contribution in [1.82, 2.24) is 0 Å². The Balaban J connectivity index is 1.82. The molecule has 0 N–H and O–H groups in total. The molecule has 22 heavy (non-hydrogen) atoms. The summed E-state index contributed by atoms with van der Waals surface area (Å²) in [5.41, 5.74) is 2.87. The Morgan fingerprint density at radius 3 is 1.77 bits per heavy atom. The first-order chi connectivity index (χ1) is 10.9. The predicted molar refractivity (Wildman–Crippen MR) is 104 cm³/mol. The van der Waals surface area contributed by atoms with Gasteiger partial charge < -0.3 is 4.43 Å². The van der Waals surface area contributed by atoms with Gasteiger partial charge in [-0.05, 0) is 42.7 Å². The molecule has 0 saturated heterocycles. The van der Waals surface area contributed by atoms with E-state index in [1.54, 1.807) is 0 Å². The molecule has 2 aromatic carbocycles. The maximum absolute atomic E-state index is 5.84. The third-order valence-electron chi connectivity index (χ3n) is 3.84. The molecule has 0 aromatic heterocycles. The molecule has 2 aromatic rings. The van der Waals surface area contributed by atoms with Gasteiger partial charge in [-0.15, -0.1) is 0 Å². The van der Waals surface area contributed by atoms with E-state index >= 15 is 0 Å². The predicted octanol–water partition coefficient (Wildman–Crippen LogP) is 4.90. The molecule has 0 atom stereocenters. The number of halogens is 1. The lowest BCUT2D eigenvalue weighted by Gasteiger charge is -2.17. The van der Waals surface area contributed by atoms with Gasteiger partial charge in [0.05, 0.1) is 0 Å². The number of hydrogen-bond acceptors (Lipinski definition) is 1. The average molecular weight is 422 g/mol. The SMILES string of the molecule is IC[Si]OCC(CCc1ccccc1)CCc1ccccc1. The summed E-state index contributed by atoms with van der Waals surface area (Å²) in [7, 11) is 0.636. The van der Waals surface area contributed by atoms with Crippen molar-refractivity contribution in [2.75, 3.05) is 10.7 Å². The Hall–Kier alpha value is -0.653. The van der Waals surface area contributed by atoms with Gasteiger partial charge >= 0.3 is 0 Å². The van der Waals surface area contributed by atoms with Crippen molar-refractivity contribution in [2.45, 2.75) is 25.7 Å². The largest absolute Gasteiger partial charge is 0.416 e. The Morgan fingerprint density at radius 2 is 1.32 bits per heavy atom. The number of hydrogen-bond donors (Lipinski definition) is 0. The van der Waals surface area contributed by atoms with Crippen LogP contribution in [-0.2, 0) is 17.3 Å². The van der Waals surface area contributed by atoms with E-state index in [-0.39, 0.29) is 0 Å². The van der Waals surface area contributed by atoms with Gasteiger partial charge in [-0.25, -0.2) is 0 Å². The number of rotatable bonds is 10. The summed E-state index contributed by atoms with van der Waals surface area (Å²) >= 11 is 2.38. The van der Waals surface area contributed by atoms with Crippen LogP contribution in [0.5, 0.6) is 0 Å². The first-order valence-corrected chi connectivity index (χ1v) is 10.5. The Morgan fingerprint density at radius 1 is 0.818 bits per heavy atom. The van der Waals surface area contributed by atoms with Crippen LogP contribution in [0.25, 0.3) is 0 Å². The van der Waals surface area contributed by atoms with Crippen LogP contribution in [0.2, 0.25) is 0 Å². The average Bonchev–Trinajstić information content (AvgIpc) is 2.59. The second-order valence-corrected chi connectivity index (χ2v) is 8.64. The number of benzene rings is 2.